The highest BCUT2D eigenvalue weighted by Crippen LogP contribution is 2.15. The molecule has 0 amide bonds. The molecule has 0 aromatic heterocycles. The van der Waals surface area contributed by atoms with Gasteiger partial charge in [-0.05, 0) is 92.4 Å². The lowest BCUT2D eigenvalue weighted by molar-refractivity contribution is -0.138. The Morgan fingerprint density at radius 3 is 1.50 bits per heavy atom. The number of ether oxygens (including phenoxy) is 4. The maximum absolute atomic E-state index is 11.7. The Bertz CT molecular complexity index is 1550. The summed E-state index contributed by atoms with van der Waals surface area (Å²) >= 11 is 0. The second-order valence-corrected chi connectivity index (χ2v) is 9.32. The molecule has 0 N–H and O–H groups in total. The Labute approximate surface area is 258 Å². The van der Waals surface area contributed by atoms with Gasteiger partial charge in [0, 0.05) is 40.0 Å². The van der Waals surface area contributed by atoms with Gasteiger partial charge in [-0.3, -0.25) is 4.79 Å². The maximum atomic E-state index is 11.7. The van der Waals surface area contributed by atoms with Crippen LogP contribution in [0.5, 0.6) is 11.5 Å². The zero-order chi connectivity index (χ0) is 31.4. The van der Waals surface area contributed by atoms with Crippen molar-refractivity contribution in [1.82, 2.24) is 0 Å². The highest BCUT2D eigenvalue weighted by Gasteiger charge is 2.02. The van der Waals surface area contributed by atoms with Gasteiger partial charge in [0.15, 0.2) is 6.29 Å². The molecule has 0 atom stereocenters. The van der Waals surface area contributed by atoms with Crippen LogP contribution in [0.3, 0.4) is 0 Å². The maximum Gasteiger partial charge on any atom is 0.330 e. The number of hydrogen-bond acceptors (Lipinski definition) is 7. The molecule has 0 bridgehead atoms. The molecule has 3 aromatic carbocycles. The highest BCUT2D eigenvalue weighted by molar-refractivity contribution is 5.81. The van der Waals surface area contributed by atoms with Gasteiger partial charge >= 0.3 is 11.9 Å². The number of unbranched alkanes of at least 4 members (excludes halogenated alkanes) is 2. The van der Waals surface area contributed by atoms with E-state index in [9.17, 15) is 14.4 Å². The average Bonchev–Trinajstić information content (AvgIpc) is 3.06. The summed E-state index contributed by atoms with van der Waals surface area (Å²) in [6.45, 7) is 8.42. The van der Waals surface area contributed by atoms with Gasteiger partial charge in [0.1, 0.15) is 11.5 Å². The first-order valence-electron chi connectivity index (χ1n) is 14.2. The molecule has 0 spiro atoms. The summed E-state index contributed by atoms with van der Waals surface area (Å²) in [6, 6.07) is 20.2. The van der Waals surface area contributed by atoms with Gasteiger partial charge in [-0.1, -0.05) is 36.8 Å². The minimum Gasteiger partial charge on any atom is -0.494 e. The van der Waals surface area contributed by atoms with E-state index in [1.165, 1.54) is 0 Å². The van der Waals surface area contributed by atoms with Crippen LogP contribution in [-0.2, 0) is 19.1 Å². The Balaban J connectivity index is 1.48. The molecule has 0 saturated heterocycles. The number of carbonyl (C=O) groups excluding carboxylic acids is 3. The highest BCUT2D eigenvalue weighted by atomic mass is 16.5. The Morgan fingerprint density at radius 1 is 0.591 bits per heavy atom. The first-order valence-corrected chi connectivity index (χ1v) is 14.2. The van der Waals surface area contributed by atoms with Crippen LogP contribution in [0.25, 0.3) is 0 Å². The van der Waals surface area contributed by atoms with Crippen molar-refractivity contribution in [2.45, 2.75) is 25.7 Å². The van der Waals surface area contributed by atoms with E-state index in [1.54, 1.807) is 12.1 Å². The standard InChI is InChI=1S/C37H34O7/c1-3-36(39)43-25-7-5-23-41-34-19-13-29(14-20-34)9-10-31-12-18-32(33(27-31)28-38)17-11-30-15-21-35(22-16-30)42-24-6-8-26-44-37(40)4-2/h3-4,12-16,18-22,27-28H,1-2,5-8,23-26H2. The summed E-state index contributed by atoms with van der Waals surface area (Å²) in [6.07, 6.45) is 5.99. The average molecular weight is 591 g/mol. The lowest BCUT2D eigenvalue weighted by Gasteiger charge is -2.06. The largest absolute Gasteiger partial charge is 0.494 e. The third kappa shape index (κ3) is 12.1. The Morgan fingerprint density at radius 2 is 1.02 bits per heavy atom. The van der Waals surface area contributed by atoms with Crippen LogP contribution in [0.4, 0.5) is 0 Å². The number of hydrogen-bond donors (Lipinski definition) is 0. The molecule has 0 aliphatic carbocycles. The normalized spacial score (nSPS) is 9.73. The summed E-state index contributed by atoms with van der Waals surface area (Å²) in [4.78, 5) is 33.8. The molecule has 0 fully saturated rings. The van der Waals surface area contributed by atoms with E-state index in [0.29, 0.717) is 56.0 Å². The van der Waals surface area contributed by atoms with Gasteiger partial charge in [-0.25, -0.2) is 9.59 Å². The number of benzene rings is 3. The zero-order valence-electron chi connectivity index (χ0n) is 24.5. The van der Waals surface area contributed by atoms with Crippen molar-refractivity contribution in [3.63, 3.8) is 0 Å². The van der Waals surface area contributed by atoms with Crippen LogP contribution in [0.15, 0.2) is 92.0 Å². The number of rotatable bonds is 15. The molecule has 0 radical (unpaired) electrons. The quantitative estimate of drug-likeness (QED) is 0.0698. The third-order valence-electron chi connectivity index (χ3n) is 6.02. The second kappa shape index (κ2) is 18.8. The van der Waals surface area contributed by atoms with E-state index in [4.69, 9.17) is 18.9 Å². The van der Waals surface area contributed by atoms with E-state index < -0.39 is 11.9 Å². The van der Waals surface area contributed by atoms with Crippen molar-refractivity contribution in [2.75, 3.05) is 26.4 Å². The van der Waals surface area contributed by atoms with Crippen LogP contribution in [0.1, 0.15) is 58.3 Å². The molecular formula is C37H34O7. The van der Waals surface area contributed by atoms with Crippen LogP contribution < -0.4 is 9.47 Å². The molecule has 224 valence electrons. The van der Waals surface area contributed by atoms with E-state index in [2.05, 4.69) is 36.8 Å². The van der Waals surface area contributed by atoms with Gasteiger partial charge < -0.3 is 18.9 Å². The van der Waals surface area contributed by atoms with E-state index in [1.807, 2.05) is 54.6 Å². The fourth-order valence-corrected chi connectivity index (χ4v) is 3.66. The van der Waals surface area contributed by atoms with Gasteiger partial charge in [-0.15, -0.1) is 0 Å². The van der Waals surface area contributed by atoms with Crippen molar-refractivity contribution >= 4 is 18.2 Å². The number of carbonyl (C=O) groups is 3. The molecule has 44 heavy (non-hydrogen) atoms. The predicted molar refractivity (Wildman–Crippen MR) is 168 cm³/mol. The van der Waals surface area contributed by atoms with Gasteiger partial charge in [0.25, 0.3) is 0 Å². The Hall–Kier alpha value is -5.53. The van der Waals surface area contributed by atoms with Crippen molar-refractivity contribution in [3.05, 3.63) is 120 Å². The van der Waals surface area contributed by atoms with Gasteiger partial charge in [0.05, 0.1) is 26.4 Å². The minimum absolute atomic E-state index is 0.338. The smallest absolute Gasteiger partial charge is 0.330 e. The van der Waals surface area contributed by atoms with E-state index >= 15 is 0 Å². The van der Waals surface area contributed by atoms with Crippen LogP contribution in [0, 0.1) is 23.7 Å². The summed E-state index contributed by atoms with van der Waals surface area (Å²) in [5.74, 6) is 13.0. The van der Waals surface area contributed by atoms with Crippen LogP contribution in [0.2, 0.25) is 0 Å². The van der Waals surface area contributed by atoms with Crippen LogP contribution >= 0.6 is 0 Å². The first-order chi connectivity index (χ1) is 21.5. The molecule has 7 heteroatoms. The second-order valence-electron chi connectivity index (χ2n) is 9.32. The third-order valence-corrected chi connectivity index (χ3v) is 6.02. The van der Waals surface area contributed by atoms with Crippen molar-refractivity contribution in [1.29, 1.82) is 0 Å². The van der Waals surface area contributed by atoms with E-state index in [-0.39, 0.29) is 0 Å². The van der Waals surface area contributed by atoms with Crippen molar-refractivity contribution in [2.24, 2.45) is 0 Å². The summed E-state index contributed by atoms with van der Waals surface area (Å²) in [7, 11) is 0. The van der Waals surface area contributed by atoms with Gasteiger partial charge in [0.2, 0.25) is 0 Å². The first kappa shape index (κ1) is 33.0. The molecule has 3 aromatic rings. The lowest BCUT2D eigenvalue weighted by atomic mass is 10.0. The number of esters is 2. The minimum atomic E-state index is -0.422. The monoisotopic (exact) mass is 590 g/mol. The van der Waals surface area contributed by atoms with Crippen molar-refractivity contribution < 1.29 is 33.3 Å². The molecule has 3 rings (SSSR count). The Kier molecular flexibility index (Phi) is 14.1. The SMILES string of the molecule is C=CC(=O)OCCCCOc1ccc(C#Cc2ccc(C#Cc3ccc(OCCCCOC(=O)C=C)cc3)c(C=O)c2)cc1. The van der Waals surface area contributed by atoms with E-state index in [0.717, 1.165) is 53.9 Å². The molecule has 0 heterocycles. The summed E-state index contributed by atoms with van der Waals surface area (Å²) in [5.41, 5.74) is 3.38. The molecule has 7 nitrogen and oxygen atoms in total. The number of aldehydes is 1. The predicted octanol–water partition coefficient (Wildman–Crippen LogP) is 6.08. The molecule has 0 aliphatic rings. The molecular weight excluding hydrogens is 556 g/mol. The lowest BCUT2D eigenvalue weighted by Crippen LogP contribution is -2.04. The fraction of sp³-hybridized carbons (Fsp3) is 0.216. The van der Waals surface area contributed by atoms with Gasteiger partial charge in [-0.2, -0.15) is 0 Å². The topological polar surface area (TPSA) is 88.1 Å². The zero-order valence-corrected chi connectivity index (χ0v) is 24.5. The molecule has 0 unspecified atom stereocenters. The molecule has 0 saturated carbocycles. The fourth-order valence-electron chi connectivity index (χ4n) is 3.66. The van der Waals surface area contributed by atoms with Crippen molar-refractivity contribution in [3.8, 4) is 35.2 Å². The van der Waals surface area contributed by atoms with Crippen LogP contribution in [-0.4, -0.2) is 44.7 Å². The molecule has 0 aliphatic heterocycles. The summed E-state index contributed by atoms with van der Waals surface area (Å²) < 4.78 is 21.3. The summed E-state index contributed by atoms with van der Waals surface area (Å²) in [5, 5.41) is 0.